The fraction of sp³-hybridized carbons (Fsp3) is 0.579. The molecule has 2 unspecified atom stereocenters. The molecule has 0 radical (unpaired) electrons. The standard InChI is InChI=1S/C19H24N2O4/c1-12(13-3-2-4-13)20-19(23)14-9-18(22)21(11-14)15-5-6-16-17(10-15)25-8-7-24-16/h5-6,10,12-14H,2-4,7-9,11H2,1H3,(H,20,23). The van der Waals surface area contributed by atoms with Crippen molar-refractivity contribution in [1.82, 2.24) is 5.32 Å². The lowest BCUT2D eigenvalue weighted by Gasteiger charge is -2.32. The van der Waals surface area contributed by atoms with Crippen LogP contribution in [0.1, 0.15) is 32.6 Å². The van der Waals surface area contributed by atoms with Crippen LogP contribution in [0.3, 0.4) is 0 Å². The Bertz CT molecular complexity index is 686. The van der Waals surface area contributed by atoms with E-state index in [4.69, 9.17) is 9.47 Å². The third-order valence-electron chi connectivity index (χ3n) is 5.56. The van der Waals surface area contributed by atoms with Crippen LogP contribution >= 0.6 is 0 Å². The van der Waals surface area contributed by atoms with E-state index in [0.717, 1.165) is 5.69 Å². The zero-order valence-corrected chi connectivity index (χ0v) is 14.5. The van der Waals surface area contributed by atoms with Crippen LogP contribution in [0.25, 0.3) is 0 Å². The van der Waals surface area contributed by atoms with Crippen molar-refractivity contribution in [2.45, 2.75) is 38.6 Å². The maximum atomic E-state index is 12.5. The highest BCUT2D eigenvalue weighted by atomic mass is 16.6. The monoisotopic (exact) mass is 344 g/mol. The second-order valence-electron chi connectivity index (χ2n) is 7.22. The summed E-state index contributed by atoms with van der Waals surface area (Å²) in [6, 6.07) is 5.69. The topological polar surface area (TPSA) is 67.9 Å². The Kier molecular flexibility index (Phi) is 4.27. The molecular weight excluding hydrogens is 320 g/mol. The molecule has 2 amide bonds. The molecule has 6 heteroatoms. The molecule has 3 aliphatic rings. The first-order valence-electron chi connectivity index (χ1n) is 9.12. The third kappa shape index (κ3) is 3.17. The van der Waals surface area contributed by atoms with Crippen LogP contribution in [-0.4, -0.2) is 37.6 Å². The second-order valence-corrected chi connectivity index (χ2v) is 7.22. The molecule has 6 nitrogen and oxygen atoms in total. The van der Waals surface area contributed by atoms with Crippen molar-refractivity contribution in [3.8, 4) is 11.5 Å². The van der Waals surface area contributed by atoms with E-state index >= 15 is 0 Å². The van der Waals surface area contributed by atoms with Crippen LogP contribution < -0.4 is 19.7 Å². The molecule has 2 aliphatic heterocycles. The van der Waals surface area contributed by atoms with E-state index in [0.29, 0.717) is 37.2 Å². The number of carbonyl (C=O) groups excluding carboxylic acids is 2. The molecule has 0 aromatic heterocycles. The lowest BCUT2D eigenvalue weighted by Crippen LogP contribution is -2.44. The molecule has 2 heterocycles. The van der Waals surface area contributed by atoms with Gasteiger partial charge in [-0.25, -0.2) is 0 Å². The maximum absolute atomic E-state index is 12.5. The maximum Gasteiger partial charge on any atom is 0.227 e. The number of nitrogens with one attached hydrogen (secondary N) is 1. The van der Waals surface area contributed by atoms with Crippen LogP contribution in [0.5, 0.6) is 11.5 Å². The third-order valence-corrected chi connectivity index (χ3v) is 5.56. The Morgan fingerprint density at radius 2 is 2.00 bits per heavy atom. The quantitative estimate of drug-likeness (QED) is 0.908. The number of carbonyl (C=O) groups is 2. The van der Waals surface area contributed by atoms with Gasteiger partial charge in [0.15, 0.2) is 11.5 Å². The van der Waals surface area contributed by atoms with Crippen LogP contribution in [0.4, 0.5) is 5.69 Å². The molecule has 4 rings (SSSR count). The van der Waals surface area contributed by atoms with E-state index in [2.05, 4.69) is 12.2 Å². The molecule has 2 fully saturated rings. The first-order chi connectivity index (χ1) is 12.1. The molecular formula is C19H24N2O4. The van der Waals surface area contributed by atoms with E-state index in [1.54, 1.807) is 4.90 Å². The summed E-state index contributed by atoms with van der Waals surface area (Å²) in [5, 5.41) is 3.10. The Balaban J connectivity index is 1.42. The molecule has 1 aromatic rings. The van der Waals surface area contributed by atoms with Crippen molar-refractivity contribution >= 4 is 17.5 Å². The molecule has 134 valence electrons. The van der Waals surface area contributed by atoms with Gasteiger partial charge in [0, 0.05) is 30.8 Å². The Morgan fingerprint density at radius 1 is 1.24 bits per heavy atom. The van der Waals surface area contributed by atoms with E-state index in [1.807, 2.05) is 18.2 Å². The molecule has 2 atom stereocenters. The summed E-state index contributed by atoms with van der Waals surface area (Å²) in [5.74, 6) is 1.63. The predicted molar refractivity (Wildman–Crippen MR) is 92.8 cm³/mol. The Morgan fingerprint density at radius 3 is 2.72 bits per heavy atom. The van der Waals surface area contributed by atoms with Gasteiger partial charge in [-0.05, 0) is 37.8 Å². The predicted octanol–water partition coefficient (Wildman–Crippen LogP) is 2.12. The number of hydrogen-bond acceptors (Lipinski definition) is 4. The minimum atomic E-state index is -0.289. The fourth-order valence-electron chi connectivity index (χ4n) is 3.73. The fourth-order valence-corrected chi connectivity index (χ4v) is 3.73. The molecule has 25 heavy (non-hydrogen) atoms. The first-order valence-corrected chi connectivity index (χ1v) is 9.12. The molecule has 1 aromatic carbocycles. The summed E-state index contributed by atoms with van der Waals surface area (Å²) in [7, 11) is 0. The highest BCUT2D eigenvalue weighted by molar-refractivity contribution is 6.00. The van der Waals surface area contributed by atoms with Crippen molar-refractivity contribution < 1.29 is 19.1 Å². The van der Waals surface area contributed by atoms with E-state index in [-0.39, 0.29) is 30.2 Å². The zero-order chi connectivity index (χ0) is 17.4. The number of amides is 2. The van der Waals surface area contributed by atoms with E-state index < -0.39 is 0 Å². The van der Waals surface area contributed by atoms with Gasteiger partial charge in [0.05, 0.1) is 5.92 Å². The number of ether oxygens (including phenoxy) is 2. The highest BCUT2D eigenvalue weighted by Crippen LogP contribution is 2.36. The molecule has 0 spiro atoms. The normalized spacial score (nSPS) is 24.0. The summed E-state index contributed by atoms with van der Waals surface area (Å²) < 4.78 is 11.1. The zero-order valence-electron chi connectivity index (χ0n) is 14.5. The van der Waals surface area contributed by atoms with Crippen molar-refractivity contribution in [3.63, 3.8) is 0 Å². The Hall–Kier alpha value is -2.24. The highest BCUT2D eigenvalue weighted by Gasteiger charge is 2.37. The van der Waals surface area contributed by atoms with Crippen molar-refractivity contribution in [2.24, 2.45) is 11.8 Å². The van der Waals surface area contributed by atoms with Gasteiger partial charge < -0.3 is 19.7 Å². The number of hydrogen-bond donors (Lipinski definition) is 1. The van der Waals surface area contributed by atoms with Gasteiger partial charge in [0.1, 0.15) is 13.2 Å². The van der Waals surface area contributed by atoms with Gasteiger partial charge in [0.2, 0.25) is 11.8 Å². The average molecular weight is 344 g/mol. The van der Waals surface area contributed by atoms with Gasteiger partial charge >= 0.3 is 0 Å². The number of benzene rings is 1. The minimum absolute atomic E-state index is 0.00667. The SMILES string of the molecule is CC(NC(=O)C1CC(=O)N(c2ccc3c(c2)OCCO3)C1)C1CCC1. The summed E-state index contributed by atoms with van der Waals surface area (Å²) in [5.41, 5.74) is 0.761. The van der Waals surface area contributed by atoms with Crippen LogP contribution in [-0.2, 0) is 9.59 Å². The number of rotatable bonds is 4. The van der Waals surface area contributed by atoms with Gasteiger partial charge in [-0.3, -0.25) is 9.59 Å². The smallest absolute Gasteiger partial charge is 0.227 e. The summed E-state index contributed by atoms with van der Waals surface area (Å²) in [4.78, 5) is 26.6. The minimum Gasteiger partial charge on any atom is -0.486 e. The van der Waals surface area contributed by atoms with Crippen molar-refractivity contribution in [3.05, 3.63) is 18.2 Å². The van der Waals surface area contributed by atoms with Gasteiger partial charge in [0.25, 0.3) is 0 Å². The molecule has 1 aliphatic carbocycles. The number of nitrogens with zero attached hydrogens (tertiary/aromatic N) is 1. The lowest BCUT2D eigenvalue weighted by molar-refractivity contribution is -0.127. The van der Waals surface area contributed by atoms with E-state index in [1.165, 1.54) is 19.3 Å². The van der Waals surface area contributed by atoms with Gasteiger partial charge in [-0.15, -0.1) is 0 Å². The van der Waals surface area contributed by atoms with Crippen LogP contribution in [0, 0.1) is 11.8 Å². The van der Waals surface area contributed by atoms with Crippen molar-refractivity contribution in [2.75, 3.05) is 24.7 Å². The van der Waals surface area contributed by atoms with Crippen molar-refractivity contribution in [1.29, 1.82) is 0 Å². The first kappa shape index (κ1) is 16.2. The molecule has 1 saturated carbocycles. The van der Waals surface area contributed by atoms with E-state index in [9.17, 15) is 9.59 Å². The number of fused-ring (bicyclic) bond motifs is 1. The summed E-state index contributed by atoms with van der Waals surface area (Å²) >= 11 is 0. The van der Waals surface area contributed by atoms with Crippen LogP contribution in [0.2, 0.25) is 0 Å². The average Bonchev–Trinajstić information content (AvgIpc) is 2.94. The molecule has 1 N–H and O–H groups in total. The van der Waals surface area contributed by atoms with Crippen LogP contribution in [0.15, 0.2) is 18.2 Å². The largest absolute Gasteiger partial charge is 0.486 e. The number of anilines is 1. The summed E-state index contributed by atoms with van der Waals surface area (Å²) in [6.07, 6.45) is 3.89. The van der Waals surface area contributed by atoms with Gasteiger partial charge in [-0.2, -0.15) is 0 Å². The molecule has 0 bridgehead atoms. The lowest BCUT2D eigenvalue weighted by atomic mass is 9.80. The Labute approximate surface area is 147 Å². The molecule has 1 saturated heterocycles. The van der Waals surface area contributed by atoms with Gasteiger partial charge in [-0.1, -0.05) is 6.42 Å². The second kappa shape index (κ2) is 6.58. The summed E-state index contributed by atoms with van der Waals surface area (Å²) in [6.45, 7) is 3.53.